The van der Waals surface area contributed by atoms with Crippen LogP contribution < -0.4 is 15.1 Å². The number of nitrogens with one attached hydrogen (secondary N) is 1. The Kier molecular flexibility index (Phi) is 9.75. The molecule has 3 atom stereocenters. The summed E-state index contributed by atoms with van der Waals surface area (Å²) in [5.41, 5.74) is 8.73. The zero-order chi connectivity index (χ0) is 38.5. The van der Waals surface area contributed by atoms with E-state index in [0.717, 1.165) is 97.7 Å². The number of amides is 3. The van der Waals surface area contributed by atoms with Gasteiger partial charge in [-0.05, 0) is 120 Å². The Labute approximate surface area is 326 Å². The highest BCUT2D eigenvalue weighted by Gasteiger charge is 2.39. The number of anilines is 2. The molecule has 0 bridgehead atoms. The van der Waals surface area contributed by atoms with Crippen molar-refractivity contribution in [3.63, 3.8) is 0 Å². The molecular weight excluding hydrogens is 710 g/mol. The first-order valence-electron chi connectivity index (χ1n) is 20.0. The fourth-order valence-corrected chi connectivity index (χ4v) is 9.61. The lowest BCUT2D eigenvalue weighted by molar-refractivity contribution is -0.136. The third-order valence-corrected chi connectivity index (χ3v) is 12.6. The van der Waals surface area contributed by atoms with Crippen LogP contribution in [0.25, 0.3) is 0 Å². The molecular formula is C45H48FN5O5. The first-order chi connectivity index (χ1) is 27.2. The molecule has 4 aromatic carbocycles. The molecule has 5 heterocycles. The minimum atomic E-state index is -0.600. The molecule has 3 saturated heterocycles. The lowest BCUT2D eigenvalue weighted by atomic mass is 9.79. The van der Waals surface area contributed by atoms with E-state index in [4.69, 9.17) is 4.74 Å². The van der Waals surface area contributed by atoms with Crippen molar-refractivity contribution in [1.82, 2.24) is 15.1 Å². The Morgan fingerprint density at radius 3 is 2.29 bits per heavy atom. The number of imide groups is 1. The van der Waals surface area contributed by atoms with Crippen molar-refractivity contribution in [3.05, 3.63) is 124 Å². The Balaban J connectivity index is 0.790. The summed E-state index contributed by atoms with van der Waals surface area (Å²) in [4.78, 5) is 46.3. The molecule has 5 aliphatic rings. The maximum atomic E-state index is 14.6. The lowest BCUT2D eigenvalue weighted by Crippen LogP contribution is -2.52. The number of carbonyl (C=O) groups excluding carboxylic acids is 3. The summed E-state index contributed by atoms with van der Waals surface area (Å²) in [5.74, 6) is -0.343. The van der Waals surface area contributed by atoms with Crippen molar-refractivity contribution >= 4 is 29.1 Å². The fraction of sp³-hybridized carbons (Fsp3) is 0.400. The zero-order valence-electron chi connectivity index (χ0n) is 31.8. The largest absolute Gasteiger partial charge is 0.508 e. The lowest BCUT2D eigenvalue weighted by Gasteiger charge is -2.40. The van der Waals surface area contributed by atoms with Crippen LogP contribution in [-0.2, 0) is 27.5 Å². The molecule has 11 heteroatoms. The van der Waals surface area contributed by atoms with Gasteiger partial charge in [-0.2, -0.15) is 0 Å². The number of rotatable bonds is 7. The highest BCUT2D eigenvalue weighted by molar-refractivity contribution is 6.05. The summed E-state index contributed by atoms with van der Waals surface area (Å²) in [7, 11) is 0. The fourth-order valence-electron chi connectivity index (χ4n) is 9.61. The molecule has 0 aliphatic carbocycles. The zero-order valence-corrected chi connectivity index (χ0v) is 31.8. The third-order valence-electron chi connectivity index (χ3n) is 12.6. The Bertz CT molecular complexity index is 2140. The number of hydrogen-bond acceptors (Lipinski definition) is 8. The van der Waals surface area contributed by atoms with Gasteiger partial charge in [0.25, 0.3) is 5.91 Å². The van der Waals surface area contributed by atoms with Crippen molar-refractivity contribution in [2.24, 2.45) is 5.92 Å². The van der Waals surface area contributed by atoms with E-state index in [-0.39, 0.29) is 47.7 Å². The van der Waals surface area contributed by atoms with E-state index < -0.39 is 6.04 Å². The molecule has 0 radical (unpaired) electrons. The predicted molar refractivity (Wildman–Crippen MR) is 211 cm³/mol. The molecule has 4 aromatic rings. The Morgan fingerprint density at radius 1 is 0.786 bits per heavy atom. The van der Waals surface area contributed by atoms with Gasteiger partial charge in [0.05, 0.1) is 12.7 Å². The smallest absolute Gasteiger partial charge is 0.255 e. The highest BCUT2D eigenvalue weighted by Crippen LogP contribution is 2.46. The molecule has 0 saturated carbocycles. The van der Waals surface area contributed by atoms with Crippen LogP contribution in [0.3, 0.4) is 0 Å². The number of piperazine rings is 1. The molecule has 0 unspecified atom stereocenters. The standard InChI is InChI=1S/C45H48FN5O5/c1-28-20-31(22-34(46)21-28)43-42(38-9-7-37(52)24-33(38)27-56-43)30-2-4-35(5-3-30)49-14-12-29(13-15-49)25-48-16-18-50(19-17-48)36-6-8-39-32(23-36)26-51(45(39)55)40-10-11-41(53)47-44(40)54/h2-9,20-24,29,40,42-43,52H,10-19,25-27H2,1H3,(H,47,53,54)/t40-,42-,43+/m0/s1. The molecule has 2 N–H and O–H groups in total. The maximum absolute atomic E-state index is 14.6. The average molecular weight is 758 g/mol. The van der Waals surface area contributed by atoms with Gasteiger partial charge in [0.15, 0.2) is 0 Å². The minimum Gasteiger partial charge on any atom is -0.508 e. The summed E-state index contributed by atoms with van der Waals surface area (Å²) in [6.07, 6.45) is 2.55. The van der Waals surface area contributed by atoms with Crippen LogP contribution in [0.2, 0.25) is 0 Å². The van der Waals surface area contributed by atoms with Crippen molar-refractivity contribution < 1.29 is 28.6 Å². The summed E-state index contributed by atoms with van der Waals surface area (Å²) in [6.45, 7) is 9.59. The first kappa shape index (κ1) is 36.4. The van der Waals surface area contributed by atoms with Crippen LogP contribution in [0, 0.1) is 18.7 Å². The average Bonchev–Trinajstić information content (AvgIpc) is 3.52. The van der Waals surface area contributed by atoms with Crippen LogP contribution in [-0.4, -0.2) is 84.5 Å². The molecule has 0 aromatic heterocycles. The number of hydrogen-bond donors (Lipinski definition) is 2. The predicted octanol–water partition coefficient (Wildman–Crippen LogP) is 6.04. The summed E-state index contributed by atoms with van der Waals surface area (Å²) < 4.78 is 20.9. The van der Waals surface area contributed by atoms with E-state index in [1.807, 2.05) is 31.2 Å². The number of phenols is 1. The Morgan fingerprint density at radius 2 is 1.54 bits per heavy atom. The van der Waals surface area contributed by atoms with E-state index in [2.05, 4.69) is 50.3 Å². The second kappa shape index (κ2) is 15.0. The monoisotopic (exact) mass is 757 g/mol. The summed E-state index contributed by atoms with van der Waals surface area (Å²) >= 11 is 0. The summed E-state index contributed by atoms with van der Waals surface area (Å²) in [5, 5.41) is 12.6. The van der Waals surface area contributed by atoms with Gasteiger partial charge in [0, 0.05) is 81.6 Å². The van der Waals surface area contributed by atoms with E-state index in [1.54, 1.807) is 23.1 Å². The number of aryl methyl sites for hydroxylation is 1. The number of nitrogens with zero attached hydrogens (tertiary/aromatic N) is 4. The SMILES string of the molecule is Cc1cc(F)cc([C@H]2OCc3cc(O)ccc3[C@@H]2c2ccc(N3CCC(CN4CCN(c5ccc6c(c5)CN([C@H]5CCC(=O)NC5=O)C6=O)CC4)CC3)cc2)c1. The topological polar surface area (TPSA) is 106 Å². The van der Waals surface area contributed by atoms with Crippen LogP contribution in [0.1, 0.15) is 81.4 Å². The van der Waals surface area contributed by atoms with Gasteiger partial charge < -0.3 is 24.5 Å². The normalized spacial score (nSPS) is 23.3. The quantitative estimate of drug-likeness (QED) is 0.220. The van der Waals surface area contributed by atoms with Crippen LogP contribution in [0.4, 0.5) is 15.8 Å². The third kappa shape index (κ3) is 7.14. The van der Waals surface area contributed by atoms with E-state index in [0.29, 0.717) is 31.1 Å². The van der Waals surface area contributed by atoms with Crippen molar-refractivity contribution in [2.75, 3.05) is 55.6 Å². The number of halogens is 1. The van der Waals surface area contributed by atoms with Crippen molar-refractivity contribution in [2.45, 2.75) is 63.8 Å². The van der Waals surface area contributed by atoms with Crippen LogP contribution in [0.5, 0.6) is 5.75 Å². The van der Waals surface area contributed by atoms with Gasteiger partial charge in [-0.25, -0.2) is 4.39 Å². The van der Waals surface area contributed by atoms with Gasteiger partial charge >= 0.3 is 0 Å². The number of ether oxygens (including phenoxy) is 1. The van der Waals surface area contributed by atoms with Crippen LogP contribution >= 0.6 is 0 Å². The molecule has 9 rings (SSSR count). The van der Waals surface area contributed by atoms with Crippen molar-refractivity contribution in [1.29, 1.82) is 0 Å². The molecule has 3 amide bonds. The molecule has 56 heavy (non-hydrogen) atoms. The van der Waals surface area contributed by atoms with Crippen LogP contribution in [0.15, 0.2) is 78.9 Å². The summed E-state index contributed by atoms with van der Waals surface area (Å²) in [6, 6.07) is 24.8. The van der Waals surface area contributed by atoms with E-state index >= 15 is 0 Å². The molecule has 5 aliphatic heterocycles. The second-order valence-electron chi connectivity index (χ2n) is 16.2. The second-order valence-corrected chi connectivity index (χ2v) is 16.2. The Hall–Kier alpha value is -5.26. The molecule has 3 fully saturated rings. The van der Waals surface area contributed by atoms with Gasteiger partial charge in [-0.3, -0.25) is 24.6 Å². The number of piperidine rings is 2. The minimum absolute atomic E-state index is 0.136. The number of benzene rings is 4. The molecule has 10 nitrogen and oxygen atoms in total. The number of phenolic OH excluding ortho intramolecular Hbond substituents is 1. The van der Waals surface area contributed by atoms with Gasteiger partial charge in [0.2, 0.25) is 11.8 Å². The van der Waals surface area contributed by atoms with Crippen molar-refractivity contribution in [3.8, 4) is 5.75 Å². The van der Waals surface area contributed by atoms with E-state index in [9.17, 15) is 23.9 Å². The molecule has 0 spiro atoms. The maximum Gasteiger partial charge on any atom is 0.255 e. The number of carbonyl (C=O) groups is 3. The number of aromatic hydroxyl groups is 1. The highest BCUT2D eigenvalue weighted by atomic mass is 19.1. The van der Waals surface area contributed by atoms with Gasteiger partial charge in [-0.1, -0.05) is 24.3 Å². The number of fused-ring (bicyclic) bond motifs is 2. The first-order valence-corrected chi connectivity index (χ1v) is 20.0. The van der Waals surface area contributed by atoms with E-state index in [1.165, 1.54) is 11.8 Å². The van der Waals surface area contributed by atoms with Gasteiger partial charge in [-0.15, -0.1) is 0 Å². The molecule has 290 valence electrons. The van der Waals surface area contributed by atoms with Gasteiger partial charge in [0.1, 0.15) is 17.6 Å².